The topological polar surface area (TPSA) is 91.8 Å². The number of H-pyrrole nitrogens is 1. The highest BCUT2D eigenvalue weighted by molar-refractivity contribution is 6.83. The van der Waals surface area contributed by atoms with Crippen molar-refractivity contribution < 1.29 is 17.7 Å². The van der Waals surface area contributed by atoms with Gasteiger partial charge in [-0.05, 0) is 28.6 Å². The first-order chi connectivity index (χ1) is 15.4. The lowest BCUT2D eigenvalue weighted by Gasteiger charge is -2.51. The molecule has 1 spiro atoms. The van der Waals surface area contributed by atoms with Gasteiger partial charge in [-0.1, -0.05) is 55.4 Å². The Bertz CT molecular complexity index is 987. The normalized spacial score (nSPS) is 30.8. The molecule has 3 aliphatic heterocycles. The van der Waals surface area contributed by atoms with E-state index in [0.29, 0.717) is 25.9 Å². The quantitative estimate of drug-likeness (QED) is 0.636. The van der Waals surface area contributed by atoms with Crippen molar-refractivity contribution in [3.8, 4) is 0 Å². The molecule has 0 aliphatic carbocycles. The second kappa shape index (κ2) is 8.56. The molecule has 0 unspecified atom stereocenters. The van der Waals surface area contributed by atoms with E-state index in [2.05, 4.69) is 60.4 Å². The summed E-state index contributed by atoms with van der Waals surface area (Å²) in [5.41, 5.74) is 0.121. The number of aromatic nitrogens is 2. The van der Waals surface area contributed by atoms with E-state index in [-0.39, 0.29) is 39.9 Å². The molecule has 0 saturated carbocycles. The lowest BCUT2D eigenvalue weighted by atomic mass is 10.0. The Morgan fingerprint density at radius 1 is 0.970 bits per heavy atom. The van der Waals surface area contributed by atoms with Crippen LogP contribution < -0.4 is 11.2 Å². The highest BCUT2D eigenvalue weighted by atomic mass is 28.5. The van der Waals surface area contributed by atoms with E-state index in [1.165, 1.54) is 6.07 Å². The highest BCUT2D eigenvalue weighted by Gasteiger charge is 2.62. The molecule has 8 nitrogen and oxygen atoms in total. The Hall–Kier alpha value is -1.05. The summed E-state index contributed by atoms with van der Waals surface area (Å²) in [7, 11) is -5.38. The van der Waals surface area contributed by atoms with Crippen molar-refractivity contribution >= 4 is 17.1 Å². The van der Waals surface area contributed by atoms with Crippen molar-refractivity contribution in [1.29, 1.82) is 0 Å². The van der Waals surface area contributed by atoms with Crippen LogP contribution in [0.25, 0.3) is 0 Å². The van der Waals surface area contributed by atoms with Crippen molar-refractivity contribution in [2.24, 2.45) is 0 Å². The van der Waals surface area contributed by atoms with Gasteiger partial charge in [-0.3, -0.25) is 14.3 Å². The molecule has 0 amide bonds. The molecule has 0 bridgehead atoms. The van der Waals surface area contributed by atoms with Gasteiger partial charge in [-0.25, -0.2) is 4.79 Å². The Morgan fingerprint density at radius 3 is 2.15 bits per heavy atom. The molecule has 0 aromatic carbocycles. The lowest BCUT2D eigenvalue weighted by Crippen LogP contribution is -2.65. The van der Waals surface area contributed by atoms with E-state index in [1.54, 1.807) is 4.57 Å². The van der Waals surface area contributed by atoms with E-state index in [1.807, 2.05) is 0 Å². The molecule has 4 heterocycles. The van der Waals surface area contributed by atoms with E-state index >= 15 is 0 Å². The molecule has 0 radical (unpaired) electrons. The number of ether oxygens (including phenoxy) is 1. The standard InChI is InChI=1S/C23H40N2O6Si2/c1-14(2)32(15(3)4)28-13-20-19(30-33(31-32,16(5)6)17(7)8)12-23(29-20)10-9-18-11-21(26)24-22(27)25(18)23/h11,14-17,19-20H,9-10,12-13H2,1-8H3,(H,24,26,27)/t19-,20+,23+/m0/s1. The fraction of sp³-hybridized carbons (Fsp3) is 0.826. The predicted molar refractivity (Wildman–Crippen MR) is 131 cm³/mol. The first-order valence-electron chi connectivity index (χ1n) is 12.4. The van der Waals surface area contributed by atoms with Crippen LogP contribution in [0.5, 0.6) is 0 Å². The van der Waals surface area contributed by atoms with Crippen molar-refractivity contribution in [2.45, 2.75) is 115 Å². The van der Waals surface area contributed by atoms with E-state index in [9.17, 15) is 9.59 Å². The third kappa shape index (κ3) is 3.86. The third-order valence-corrected chi connectivity index (χ3v) is 18.1. The maximum atomic E-state index is 12.8. The fourth-order valence-electron chi connectivity index (χ4n) is 6.19. The smallest absolute Gasteiger partial charge is 0.335 e. The molecule has 1 aromatic rings. The van der Waals surface area contributed by atoms with E-state index in [0.717, 1.165) is 5.69 Å². The van der Waals surface area contributed by atoms with Crippen LogP contribution in [0, 0.1) is 0 Å². The molecule has 33 heavy (non-hydrogen) atoms. The molecular weight excluding hydrogens is 456 g/mol. The largest absolute Gasteiger partial charge is 0.414 e. The molecule has 2 fully saturated rings. The lowest BCUT2D eigenvalue weighted by molar-refractivity contribution is -0.117. The summed E-state index contributed by atoms with van der Waals surface area (Å²) in [4.78, 5) is 27.1. The van der Waals surface area contributed by atoms with Gasteiger partial charge in [0.25, 0.3) is 5.56 Å². The maximum absolute atomic E-state index is 12.8. The van der Waals surface area contributed by atoms with Gasteiger partial charge in [0.1, 0.15) is 6.10 Å². The van der Waals surface area contributed by atoms with Crippen LogP contribution in [-0.4, -0.2) is 45.5 Å². The number of rotatable bonds is 4. The minimum atomic E-state index is -2.74. The Morgan fingerprint density at radius 2 is 1.58 bits per heavy atom. The first kappa shape index (κ1) is 25.1. The molecule has 3 atom stereocenters. The summed E-state index contributed by atoms with van der Waals surface area (Å²) in [6.45, 7) is 18.0. The minimum absolute atomic E-state index is 0.224. The number of nitrogens with zero attached hydrogens (tertiary/aromatic N) is 1. The van der Waals surface area contributed by atoms with Crippen molar-refractivity contribution in [1.82, 2.24) is 9.55 Å². The molecule has 10 heteroatoms. The molecule has 186 valence electrons. The summed E-state index contributed by atoms with van der Waals surface area (Å²) in [5, 5.41) is 0. The first-order valence-corrected chi connectivity index (χ1v) is 16.4. The van der Waals surface area contributed by atoms with Gasteiger partial charge in [-0.2, -0.15) is 0 Å². The van der Waals surface area contributed by atoms with Gasteiger partial charge in [0.15, 0.2) is 5.72 Å². The average molecular weight is 497 g/mol. The van der Waals surface area contributed by atoms with E-state index < -0.39 is 28.5 Å². The molecule has 2 saturated heterocycles. The predicted octanol–water partition coefficient (Wildman–Crippen LogP) is 3.88. The zero-order chi connectivity index (χ0) is 24.3. The second-order valence-electron chi connectivity index (χ2n) is 11.2. The monoisotopic (exact) mass is 496 g/mol. The molecule has 4 rings (SSSR count). The number of hydrogen-bond donors (Lipinski definition) is 1. The summed E-state index contributed by atoms with van der Waals surface area (Å²) < 4.78 is 29.5. The van der Waals surface area contributed by atoms with Gasteiger partial charge < -0.3 is 17.7 Å². The van der Waals surface area contributed by atoms with Crippen LogP contribution in [0.4, 0.5) is 0 Å². The Balaban J connectivity index is 1.79. The summed E-state index contributed by atoms with van der Waals surface area (Å²) >= 11 is 0. The zero-order valence-corrected chi connectivity index (χ0v) is 23.3. The number of nitrogens with one attached hydrogen (secondary N) is 1. The highest BCUT2D eigenvalue weighted by Crippen LogP contribution is 2.50. The van der Waals surface area contributed by atoms with Crippen molar-refractivity contribution in [2.75, 3.05) is 6.61 Å². The molecular formula is C23H40N2O6Si2. The second-order valence-corrected chi connectivity index (χ2v) is 20.0. The Labute approximate surface area is 198 Å². The number of fused-ring (bicyclic) bond motifs is 3. The molecule has 1 aromatic heterocycles. The molecule has 3 aliphatic rings. The number of aryl methyl sites for hydroxylation is 1. The zero-order valence-electron chi connectivity index (χ0n) is 21.3. The number of hydrogen-bond acceptors (Lipinski definition) is 6. The minimum Gasteiger partial charge on any atom is -0.414 e. The number of aromatic amines is 1. The van der Waals surface area contributed by atoms with Crippen LogP contribution in [-0.2, 0) is 29.8 Å². The third-order valence-electron chi connectivity index (χ3n) is 7.85. The van der Waals surface area contributed by atoms with Crippen molar-refractivity contribution in [3.63, 3.8) is 0 Å². The van der Waals surface area contributed by atoms with Crippen LogP contribution in [0.3, 0.4) is 0 Å². The average Bonchev–Trinajstić information content (AvgIpc) is 3.21. The van der Waals surface area contributed by atoms with E-state index in [4.69, 9.17) is 17.7 Å². The van der Waals surface area contributed by atoms with Crippen LogP contribution in [0.1, 0.15) is 73.9 Å². The van der Waals surface area contributed by atoms with Gasteiger partial charge in [0.05, 0.1) is 12.7 Å². The summed E-state index contributed by atoms with van der Waals surface area (Å²) in [6, 6.07) is 1.51. The summed E-state index contributed by atoms with van der Waals surface area (Å²) in [6.07, 6.45) is 1.31. The summed E-state index contributed by atoms with van der Waals surface area (Å²) in [5.74, 6) is 0. The van der Waals surface area contributed by atoms with Crippen LogP contribution in [0.2, 0.25) is 22.2 Å². The van der Waals surface area contributed by atoms with Crippen molar-refractivity contribution in [3.05, 3.63) is 32.6 Å². The van der Waals surface area contributed by atoms with Crippen LogP contribution >= 0.6 is 0 Å². The van der Waals surface area contributed by atoms with Crippen LogP contribution in [0.15, 0.2) is 15.7 Å². The van der Waals surface area contributed by atoms with Gasteiger partial charge in [0, 0.05) is 24.6 Å². The Kier molecular flexibility index (Phi) is 6.50. The SMILES string of the molecule is CC(C)[Si]1(C(C)C)OC[C@H]2O[C@]3(CCc4cc(=O)[nH]c(=O)n43)C[C@@H]2O[Si](C(C)C)(C(C)C)O1. The fourth-order valence-corrected chi connectivity index (χ4v) is 17.4. The molecule has 1 N–H and O–H groups in total. The van der Waals surface area contributed by atoms with Gasteiger partial charge in [0.2, 0.25) is 0 Å². The van der Waals surface area contributed by atoms with Gasteiger partial charge in [-0.15, -0.1) is 0 Å². The maximum Gasteiger partial charge on any atom is 0.335 e. The van der Waals surface area contributed by atoms with Gasteiger partial charge >= 0.3 is 22.8 Å².